The molecule has 8 bridgehead atoms. The zero-order valence-corrected chi connectivity index (χ0v) is 47.2. The molecule has 408 valence electrons. The van der Waals surface area contributed by atoms with Gasteiger partial charge in [0, 0.05) is 0 Å². The maximum Gasteiger partial charge on any atom is 0.416 e. The summed E-state index contributed by atoms with van der Waals surface area (Å²) in [6, 6.07) is 23.7. The van der Waals surface area contributed by atoms with Crippen molar-refractivity contribution < 1.29 is 101 Å². The fourth-order valence-corrected chi connectivity index (χ4v) is 17.8. The van der Waals surface area contributed by atoms with Crippen LogP contribution in [-0.2, 0) is 60.9 Å². The van der Waals surface area contributed by atoms with Gasteiger partial charge in [-0.25, -0.2) is 0 Å². The van der Waals surface area contributed by atoms with E-state index in [1.165, 1.54) is 76.7 Å². The molecule has 8 fully saturated rings. The molecule has 0 atom stereocenters. The van der Waals surface area contributed by atoms with Crippen LogP contribution in [0.2, 0.25) is 12.6 Å². The third kappa shape index (κ3) is 12.9. The zero-order valence-electron chi connectivity index (χ0n) is 42.2. The molecule has 6 aromatic carbocycles. The maximum absolute atomic E-state index is 13.4. The van der Waals surface area contributed by atoms with Crippen LogP contribution >= 0.6 is 0 Å². The smallest absolute Gasteiger partial charge is 0.416 e. The Kier molecular flexibility index (Phi) is 17.7. The Balaban J connectivity index is 0.000000178. The molecule has 8 aliphatic rings. The van der Waals surface area contributed by atoms with Crippen LogP contribution in [0.5, 0.6) is 0 Å². The van der Waals surface area contributed by atoms with Crippen LogP contribution in [-0.4, -0.2) is 5.43 Å². The molecule has 8 aliphatic carbocycles. The molecule has 0 amide bonds. The van der Waals surface area contributed by atoms with E-state index in [2.05, 4.69) is 25.6 Å². The van der Waals surface area contributed by atoms with Crippen molar-refractivity contribution in [2.24, 2.45) is 59.2 Å². The molecule has 8 saturated carbocycles. The molecule has 0 aromatic heterocycles. The minimum Gasteiger partial charge on any atom is -1.00 e. The molecule has 0 unspecified atom stereocenters. The maximum atomic E-state index is 13.4. The fraction of sp³-hybridized carbons (Fsp3) is 0.500. The molecule has 14 rings (SSSR count). The number of alkyl halides is 12. The molecule has 16 heteroatoms. The fourth-order valence-electron chi connectivity index (χ4n) is 15.2. The topological polar surface area (TPSA) is 0 Å². The van der Waals surface area contributed by atoms with Gasteiger partial charge in [-0.15, -0.1) is 69.1 Å². The van der Waals surface area contributed by atoms with Crippen molar-refractivity contribution in [3.8, 4) is 22.3 Å². The van der Waals surface area contributed by atoms with E-state index in [-0.39, 0.29) is 53.5 Å². The van der Waals surface area contributed by atoms with Crippen LogP contribution in [0, 0.1) is 59.2 Å². The molecule has 0 spiro atoms. The first kappa shape index (κ1) is 59.1. The third-order valence-electron chi connectivity index (χ3n) is 17.8. The number of benzene rings is 4. The van der Waals surface area contributed by atoms with E-state index < -0.39 is 47.0 Å². The van der Waals surface area contributed by atoms with Crippen molar-refractivity contribution in [1.82, 2.24) is 0 Å². The predicted molar refractivity (Wildman–Crippen MR) is 265 cm³/mol. The molecule has 0 N–H and O–H groups in total. The summed E-state index contributed by atoms with van der Waals surface area (Å²) >= 11 is 1.79. The number of hydrogen-bond acceptors (Lipinski definition) is 0. The van der Waals surface area contributed by atoms with Crippen molar-refractivity contribution in [3.05, 3.63) is 130 Å². The molecule has 0 heterocycles. The average Bonchev–Trinajstić information content (AvgIpc) is 3.93. The molecule has 0 nitrogen and oxygen atoms in total. The van der Waals surface area contributed by atoms with Crippen molar-refractivity contribution in [2.45, 2.75) is 128 Å². The molecule has 0 aliphatic heterocycles. The predicted octanol–water partition coefficient (Wildman–Crippen LogP) is 13.3. The Morgan fingerprint density at radius 3 is 1.01 bits per heavy atom. The van der Waals surface area contributed by atoms with Crippen LogP contribution in [0.1, 0.15) is 111 Å². The van der Waals surface area contributed by atoms with Gasteiger partial charge in [-0.2, -0.15) is 64.8 Å². The summed E-state index contributed by atoms with van der Waals surface area (Å²) in [5.41, 5.74) is -1.94. The van der Waals surface area contributed by atoms with Crippen molar-refractivity contribution >= 4 is 27.0 Å². The minimum absolute atomic E-state index is 0. The van der Waals surface area contributed by atoms with E-state index in [1.54, 1.807) is 47.6 Å². The Labute approximate surface area is 464 Å². The van der Waals surface area contributed by atoms with Gasteiger partial charge in [-0.3, -0.25) is 0 Å². The summed E-state index contributed by atoms with van der Waals surface area (Å²) in [5, 5.41) is 3.16. The molecular weight excluding hydrogens is 1140 g/mol. The van der Waals surface area contributed by atoms with E-state index >= 15 is 0 Å². The van der Waals surface area contributed by atoms with Gasteiger partial charge in [0.15, 0.2) is 0 Å². The first-order valence-electron chi connectivity index (χ1n) is 26.4. The summed E-state index contributed by atoms with van der Waals surface area (Å²) in [6.07, 6.45) is -2.87. The second-order valence-corrected chi connectivity index (χ2v) is 31.4. The quantitative estimate of drug-likeness (QED) is 0.0809. The molecular formula is C60H60Cl2F12SiZr-2. The summed E-state index contributed by atoms with van der Waals surface area (Å²) in [5.74, 6) is 7.83. The second kappa shape index (κ2) is 22.8. The molecule has 0 saturated heterocycles. The monoisotopic (exact) mass is 1200 g/mol. The van der Waals surface area contributed by atoms with Crippen LogP contribution in [0.4, 0.5) is 52.7 Å². The van der Waals surface area contributed by atoms with Crippen LogP contribution < -0.4 is 24.8 Å². The van der Waals surface area contributed by atoms with Gasteiger partial charge in [0.2, 0.25) is 0 Å². The standard InChI is InChI=1S/2C28H25F6.C4H10Si.2ClH.Zr/c2*29-27(30,31)22-12-21(13-23(14-22)28(32,33)34)24-3-1-2-18-5-17(11-26(18)24)10-25-19-6-15-4-16(8-19)9-20(25)7-15;1-3-4-5-2;;;/h2*1-3,5,11-16,19-20,25H,4,6-10H2;3-4H2,1-2H3;2*1H;/q2*-1;;;;+2/p-2. The van der Waals surface area contributed by atoms with Gasteiger partial charge in [0.1, 0.15) is 0 Å². The van der Waals surface area contributed by atoms with E-state index in [1.807, 2.05) is 24.3 Å². The van der Waals surface area contributed by atoms with Gasteiger partial charge in [-0.05, 0) is 184 Å². The van der Waals surface area contributed by atoms with E-state index in [0.717, 1.165) is 106 Å². The summed E-state index contributed by atoms with van der Waals surface area (Å²) in [4.78, 5) is 0. The van der Waals surface area contributed by atoms with Gasteiger partial charge < -0.3 is 24.8 Å². The van der Waals surface area contributed by atoms with Crippen LogP contribution in [0.3, 0.4) is 0 Å². The van der Waals surface area contributed by atoms with E-state index in [9.17, 15) is 52.7 Å². The largest absolute Gasteiger partial charge is 1.00 e. The number of fused-ring (bicyclic) bond motifs is 2. The Morgan fingerprint density at radius 2 is 0.763 bits per heavy atom. The first-order chi connectivity index (χ1) is 34.9. The summed E-state index contributed by atoms with van der Waals surface area (Å²) in [7, 11) is 0. The Morgan fingerprint density at radius 1 is 0.461 bits per heavy atom. The first-order valence-corrected chi connectivity index (χ1v) is 32.3. The summed E-state index contributed by atoms with van der Waals surface area (Å²) in [6.45, 7) is 4.66. The third-order valence-corrected chi connectivity index (χ3v) is 20.9. The number of rotatable bonds is 8. The summed E-state index contributed by atoms with van der Waals surface area (Å²) < 4.78 is 161. The van der Waals surface area contributed by atoms with Gasteiger partial charge >= 0.3 is 79.4 Å². The SMILES string of the molecule is CCC[Si](C)=[Zr+2].FC(F)(F)c1cc(-c2cccc3[cH-]c(CC4C5CC6CC(C5)CC4C6)cc23)cc(C(F)(F)F)c1.FC(F)(F)c1cc(-c2cccc3[cH-]c(CC4C5CC6CC(C5)CC4C6)cc23)cc(C(F)(F)F)c1.[Cl-].[Cl-]. The minimum atomic E-state index is -4.86. The van der Waals surface area contributed by atoms with E-state index in [4.69, 9.17) is 0 Å². The number of halogens is 14. The molecule has 0 radical (unpaired) electrons. The van der Waals surface area contributed by atoms with Gasteiger partial charge in [-0.1, -0.05) is 23.3 Å². The average molecular weight is 1200 g/mol. The van der Waals surface area contributed by atoms with E-state index in [0.29, 0.717) is 33.7 Å². The van der Waals surface area contributed by atoms with Crippen molar-refractivity contribution in [3.63, 3.8) is 0 Å². The molecule has 76 heavy (non-hydrogen) atoms. The zero-order chi connectivity index (χ0) is 52.6. The Bertz CT molecular complexity index is 2700. The van der Waals surface area contributed by atoms with Crippen molar-refractivity contribution in [2.75, 3.05) is 0 Å². The van der Waals surface area contributed by atoms with Crippen LogP contribution in [0.25, 0.3) is 43.8 Å². The molecule has 6 aromatic rings. The van der Waals surface area contributed by atoms with Gasteiger partial charge in [0.05, 0.1) is 22.3 Å². The Hall–Kier alpha value is -3.06. The normalized spacial score (nSPS) is 26.4. The van der Waals surface area contributed by atoms with Crippen LogP contribution in [0.15, 0.2) is 97.1 Å². The number of hydrogen-bond donors (Lipinski definition) is 0. The van der Waals surface area contributed by atoms with Crippen molar-refractivity contribution in [1.29, 1.82) is 0 Å². The second-order valence-electron chi connectivity index (χ2n) is 23.1. The van der Waals surface area contributed by atoms with Gasteiger partial charge in [0.25, 0.3) is 0 Å².